The number of nitrogens with zero attached hydrogens (tertiary/aromatic N) is 2. The Hall–Kier alpha value is -2.18. The molecule has 2 aromatic rings. The van der Waals surface area contributed by atoms with Crippen molar-refractivity contribution < 1.29 is 14.3 Å². The fraction of sp³-hybridized carbons (Fsp3) is 0.250. The van der Waals surface area contributed by atoms with Gasteiger partial charge in [-0.3, -0.25) is 9.78 Å². The van der Waals surface area contributed by atoms with Crippen molar-refractivity contribution in [3.05, 3.63) is 58.1 Å². The molecule has 2 atom stereocenters. The summed E-state index contributed by atoms with van der Waals surface area (Å²) >= 11 is 12.0. The van der Waals surface area contributed by atoms with Crippen molar-refractivity contribution in [2.75, 3.05) is 0 Å². The van der Waals surface area contributed by atoms with Crippen molar-refractivity contribution in [3.8, 4) is 0 Å². The van der Waals surface area contributed by atoms with Crippen molar-refractivity contribution in [3.63, 3.8) is 0 Å². The van der Waals surface area contributed by atoms with Crippen LogP contribution >= 0.6 is 23.2 Å². The minimum Gasteiger partial charge on any atom is -0.448 e. The van der Waals surface area contributed by atoms with Gasteiger partial charge in [0.05, 0.1) is 12.2 Å². The van der Waals surface area contributed by atoms with E-state index >= 15 is 0 Å². The summed E-state index contributed by atoms with van der Waals surface area (Å²) in [5, 5.41) is 3.69. The second-order valence-electron chi connectivity index (χ2n) is 5.03. The molecule has 2 rings (SSSR count). The van der Waals surface area contributed by atoms with Gasteiger partial charge in [0, 0.05) is 22.4 Å². The Morgan fingerprint density at radius 3 is 2.58 bits per heavy atom. The molecule has 0 unspecified atom stereocenters. The molecule has 0 radical (unpaired) electrons. The molecule has 1 heterocycles. The average Bonchev–Trinajstić information content (AvgIpc) is 2.55. The second kappa shape index (κ2) is 8.08. The Morgan fingerprint density at radius 2 is 1.96 bits per heavy atom. The molecule has 1 aromatic carbocycles. The van der Waals surface area contributed by atoms with Crippen LogP contribution in [0.2, 0.25) is 10.0 Å². The number of hydrogen-bond donors (Lipinski definition) is 1. The van der Waals surface area contributed by atoms with Gasteiger partial charge in [-0.15, -0.1) is 0 Å². The number of carbonyl (C=O) groups excluding carboxylic acids is 2. The number of benzene rings is 1. The van der Waals surface area contributed by atoms with Crippen LogP contribution in [0.3, 0.4) is 0 Å². The van der Waals surface area contributed by atoms with Crippen LogP contribution in [0.1, 0.15) is 35.9 Å². The summed E-state index contributed by atoms with van der Waals surface area (Å²) < 4.78 is 5.08. The van der Waals surface area contributed by atoms with Crippen LogP contribution in [0, 0.1) is 0 Å². The number of nitrogens with one attached hydrogen (secondary N) is 1. The van der Waals surface area contributed by atoms with E-state index in [1.54, 1.807) is 25.1 Å². The van der Waals surface area contributed by atoms with Crippen molar-refractivity contribution in [1.82, 2.24) is 15.3 Å². The Balaban J connectivity index is 1.97. The van der Waals surface area contributed by atoms with Gasteiger partial charge in [-0.2, -0.15) is 0 Å². The summed E-state index contributed by atoms with van der Waals surface area (Å²) in [6.07, 6.45) is 3.08. The van der Waals surface area contributed by atoms with Gasteiger partial charge in [0.2, 0.25) is 0 Å². The van der Waals surface area contributed by atoms with E-state index in [-0.39, 0.29) is 11.7 Å². The van der Waals surface area contributed by atoms with E-state index in [1.165, 1.54) is 25.5 Å². The van der Waals surface area contributed by atoms with Crippen molar-refractivity contribution >= 4 is 35.1 Å². The number of hydrogen-bond acceptors (Lipinski definition) is 5. The van der Waals surface area contributed by atoms with Gasteiger partial charge < -0.3 is 10.1 Å². The van der Waals surface area contributed by atoms with Crippen molar-refractivity contribution in [2.24, 2.45) is 0 Å². The maximum atomic E-state index is 12.2. The molecule has 8 heteroatoms. The summed E-state index contributed by atoms with van der Waals surface area (Å²) in [6.45, 7) is 3.24. The molecule has 0 spiro atoms. The Bertz CT molecular complexity index is 741. The SMILES string of the molecule is C[C@H](NC(=O)[C@@H](C)OC(=O)c1cnccn1)c1ccc(Cl)cc1Cl. The lowest BCUT2D eigenvalue weighted by molar-refractivity contribution is -0.129. The molecule has 126 valence electrons. The first-order chi connectivity index (χ1) is 11.4. The van der Waals surface area contributed by atoms with Crippen LogP contribution in [-0.2, 0) is 9.53 Å². The highest BCUT2D eigenvalue weighted by atomic mass is 35.5. The van der Waals surface area contributed by atoms with Gasteiger partial charge in [0.15, 0.2) is 11.8 Å². The highest BCUT2D eigenvalue weighted by Crippen LogP contribution is 2.26. The molecule has 0 fully saturated rings. The van der Waals surface area contributed by atoms with E-state index in [9.17, 15) is 9.59 Å². The van der Waals surface area contributed by atoms with Crippen LogP contribution < -0.4 is 5.32 Å². The van der Waals surface area contributed by atoms with E-state index in [2.05, 4.69) is 15.3 Å². The smallest absolute Gasteiger partial charge is 0.359 e. The van der Waals surface area contributed by atoms with Crippen LogP contribution in [0.4, 0.5) is 0 Å². The number of aromatic nitrogens is 2. The fourth-order valence-corrected chi connectivity index (χ4v) is 2.51. The molecular formula is C16H15Cl2N3O3. The van der Waals surface area contributed by atoms with E-state index < -0.39 is 18.0 Å². The molecule has 0 saturated heterocycles. The summed E-state index contributed by atoms with van der Waals surface area (Å²) in [7, 11) is 0. The second-order valence-corrected chi connectivity index (χ2v) is 5.88. The summed E-state index contributed by atoms with van der Waals surface area (Å²) in [6, 6.07) is 4.63. The zero-order valence-corrected chi connectivity index (χ0v) is 14.5. The molecule has 0 aliphatic heterocycles. The monoisotopic (exact) mass is 367 g/mol. The lowest BCUT2D eigenvalue weighted by atomic mass is 10.1. The van der Waals surface area contributed by atoms with Crippen LogP contribution in [0.25, 0.3) is 0 Å². The Kier molecular flexibility index (Phi) is 6.11. The maximum Gasteiger partial charge on any atom is 0.359 e. The predicted octanol–water partition coefficient (Wildman–Crippen LogP) is 3.21. The quantitative estimate of drug-likeness (QED) is 0.820. The average molecular weight is 368 g/mol. The lowest BCUT2D eigenvalue weighted by Gasteiger charge is -2.19. The number of ether oxygens (including phenoxy) is 1. The number of esters is 1. The molecule has 0 saturated carbocycles. The van der Waals surface area contributed by atoms with E-state index in [4.69, 9.17) is 27.9 Å². The third-order valence-electron chi connectivity index (χ3n) is 3.21. The normalized spacial score (nSPS) is 13.0. The van der Waals surface area contributed by atoms with Crippen molar-refractivity contribution in [2.45, 2.75) is 26.0 Å². The van der Waals surface area contributed by atoms with Gasteiger partial charge in [-0.1, -0.05) is 29.3 Å². The van der Waals surface area contributed by atoms with Gasteiger partial charge in [0.1, 0.15) is 0 Å². The standard InChI is InChI=1S/C16H15Cl2N3O3/c1-9(12-4-3-11(17)7-13(12)18)21-15(22)10(2)24-16(23)14-8-19-5-6-20-14/h3-10H,1-2H3,(H,21,22)/t9-,10+/m0/s1. The number of rotatable bonds is 5. The van der Waals surface area contributed by atoms with Gasteiger partial charge >= 0.3 is 5.97 Å². The summed E-state index contributed by atoms with van der Waals surface area (Å²) in [4.78, 5) is 31.6. The maximum absolute atomic E-state index is 12.2. The van der Waals surface area contributed by atoms with Gasteiger partial charge in [0.25, 0.3) is 5.91 Å². The zero-order chi connectivity index (χ0) is 17.7. The van der Waals surface area contributed by atoms with Gasteiger partial charge in [-0.25, -0.2) is 9.78 Å². The van der Waals surface area contributed by atoms with E-state index in [0.717, 1.165) is 0 Å². The van der Waals surface area contributed by atoms with Crippen molar-refractivity contribution in [1.29, 1.82) is 0 Å². The molecule has 0 aliphatic rings. The number of amides is 1. The molecule has 1 amide bonds. The number of carbonyl (C=O) groups is 2. The number of halogens is 2. The minimum absolute atomic E-state index is 0.0333. The third-order valence-corrected chi connectivity index (χ3v) is 3.78. The molecule has 1 aromatic heterocycles. The summed E-state index contributed by atoms with van der Waals surface area (Å²) in [5.41, 5.74) is 0.743. The van der Waals surface area contributed by atoms with Gasteiger partial charge in [-0.05, 0) is 31.5 Å². The molecule has 1 N–H and O–H groups in total. The van der Waals surface area contributed by atoms with Crippen LogP contribution in [0.5, 0.6) is 0 Å². The minimum atomic E-state index is -0.993. The molecule has 6 nitrogen and oxygen atoms in total. The fourth-order valence-electron chi connectivity index (χ4n) is 1.94. The van der Waals surface area contributed by atoms with E-state index in [0.29, 0.717) is 15.6 Å². The summed E-state index contributed by atoms with van der Waals surface area (Å²) in [5.74, 6) is -1.17. The largest absolute Gasteiger partial charge is 0.448 e. The lowest BCUT2D eigenvalue weighted by Crippen LogP contribution is -2.37. The zero-order valence-electron chi connectivity index (χ0n) is 13.0. The highest BCUT2D eigenvalue weighted by molar-refractivity contribution is 6.35. The first-order valence-corrected chi connectivity index (χ1v) is 7.86. The molecule has 24 heavy (non-hydrogen) atoms. The Labute approximate surface area is 149 Å². The molecule has 0 bridgehead atoms. The van der Waals surface area contributed by atoms with Crippen LogP contribution in [-0.4, -0.2) is 27.9 Å². The Morgan fingerprint density at radius 1 is 1.21 bits per heavy atom. The van der Waals surface area contributed by atoms with E-state index in [1.807, 2.05) is 0 Å². The van der Waals surface area contributed by atoms with Crippen LogP contribution in [0.15, 0.2) is 36.8 Å². The predicted molar refractivity (Wildman–Crippen MR) is 89.9 cm³/mol. The topological polar surface area (TPSA) is 81.2 Å². The molecular weight excluding hydrogens is 353 g/mol. The third kappa shape index (κ3) is 4.66. The highest BCUT2D eigenvalue weighted by Gasteiger charge is 2.22. The first-order valence-electron chi connectivity index (χ1n) is 7.11. The first kappa shape index (κ1) is 18.2. The molecule has 0 aliphatic carbocycles.